The van der Waals surface area contributed by atoms with Gasteiger partial charge in [-0.2, -0.15) is 0 Å². The van der Waals surface area contributed by atoms with E-state index in [0.717, 1.165) is 5.57 Å². The van der Waals surface area contributed by atoms with Crippen molar-refractivity contribution in [3.05, 3.63) is 11.6 Å². The summed E-state index contributed by atoms with van der Waals surface area (Å²) in [6, 6.07) is 0. The van der Waals surface area contributed by atoms with Crippen LogP contribution in [0.25, 0.3) is 0 Å². The molecule has 0 bridgehead atoms. The van der Waals surface area contributed by atoms with Gasteiger partial charge < -0.3 is 149 Å². The smallest absolute Gasteiger partial charge is 0.317 e. The Morgan fingerprint density at radius 2 is 1.06 bits per heavy atom. The van der Waals surface area contributed by atoms with Crippen LogP contribution in [0.2, 0.25) is 0 Å². The molecule has 6 heterocycles. The first-order chi connectivity index (χ1) is 44.4. The van der Waals surface area contributed by atoms with E-state index < -0.39 is 267 Å². The summed E-state index contributed by atoms with van der Waals surface area (Å²) in [5, 5.41) is 199. The predicted octanol–water partition coefficient (Wildman–Crippen LogP) is -5.41. The lowest BCUT2D eigenvalue weighted by Crippen LogP contribution is -2.71. The second kappa shape index (κ2) is 27.1. The SMILES string of the molecule is CC1OC(OC2C(C)OC(OC3COC(OC(=O)C45CCC(C)(C)CC4C4=CCC6C7(C)CC(O)C(OC8OC(CO)C(O)C(O)C8O)C(C)(C(=O)O)C7CCC6(C)C4(C)CC5O)C(O)C3OC3OCC(O)C(O)C3OC3OC(CO)C(O)C3O)C(O)C2O)C(O)C(O)C1O. The van der Waals surface area contributed by atoms with E-state index in [0.29, 0.717) is 25.7 Å². The molecule has 4 saturated carbocycles. The molecule has 95 heavy (non-hydrogen) atoms. The molecule has 5 aliphatic carbocycles. The van der Waals surface area contributed by atoms with Crippen LogP contribution in [0, 0.1) is 50.2 Å². The van der Waals surface area contributed by atoms with Gasteiger partial charge in [0.2, 0.25) is 6.29 Å². The van der Waals surface area contributed by atoms with Crippen molar-refractivity contribution in [2.75, 3.05) is 26.4 Å². The van der Waals surface area contributed by atoms with Gasteiger partial charge in [-0.25, -0.2) is 0 Å². The molecule has 0 aromatic heterocycles. The Hall–Kier alpha value is -2.44. The number of rotatable bonds is 15. The van der Waals surface area contributed by atoms with Gasteiger partial charge in [0.25, 0.3) is 0 Å². The largest absolute Gasteiger partial charge is 0.481 e. The highest BCUT2D eigenvalue weighted by molar-refractivity contribution is 5.80. The number of aliphatic hydroxyl groups is 17. The van der Waals surface area contributed by atoms with Crippen molar-refractivity contribution in [1.29, 1.82) is 0 Å². The molecular formula is C63H100O32. The first-order valence-corrected chi connectivity index (χ1v) is 33.2. The van der Waals surface area contributed by atoms with E-state index in [1.54, 1.807) is 0 Å². The van der Waals surface area contributed by atoms with Crippen molar-refractivity contribution in [2.45, 2.75) is 291 Å². The Morgan fingerprint density at radius 1 is 0.516 bits per heavy atom. The number of ether oxygens (including phenoxy) is 12. The topological polar surface area (TPSA) is 509 Å². The number of carbonyl (C=O) groups is 2. The van der Waals surface area contributed by atoms with E-state index >= 15 is 4.79 Å². The zero-order valence-electron chi connectivity index (χ0n) is 54.4. The fourth-order valence-corrected chi connectivity index (χ4v) is 18.8. The van der Waals surface area contributed by atoms with Crippen LogP contribution in [-0.4, -0.2) is 315 Å². The Kier molecular flexibility index (Phi) is 21.0. The number of fused-ring (bicyclic) bond motifs is 7. The van der Waals surface area contributed by atoms with Crippen LogP contribution in [0.4, 0.5) is 0 Å². The molecular weight excluding hydrogens is 1270 g/mol. The minimum absolute atomic E-state index is 0.00164. The highest BCUT2D eigenvalue weighted by atomic mass is 16.8. The van der Waals surface area contributed by atoms with Crippen LogP contribution >= 0.6 is 0 Å². The standard InChI is InChI=1S/C63H100O32/c1-22-34(69)38(73)42(77)52(86-22)91-46-23(2)87-51(44(79)40(46)75)90-30-21-85-50(45(80)47(30)92-55-48(35(70)27(67)20-84-55)93-53-41(76)37(72)29(19-65)88-53)95-57(83)63-14-13-58(3,4)15-25(63)24-9-10-31-59(5)16-26(66)49(94-54-43(78)39(74)36(71)28(18-64)89-54)62(8,56(81)82)32(59)11-12-60(31,6)61(24,7)17-33(63)68/h9,22-23,25-55,64-80H,10-21H2,1-8H3,(H,81,82). The fraction of sp³-hybridized carbons (Fsp3) is 0.937. The summed E-state index contributed by atoms with van der Waals surface area (Å²) in [5.74, 6) is -4.00. The highest BCUT2D eigenvalue weighted by Crippen LogP contribution is 2.76. The number of hydrogen-bond acceptors (Lipinski definition) is 31. The van der Waals surface area contributed by atoms with Crippen LogP contribution in [0.15, 0.2) is 11.6 Å². The van der Waals surface area contributed by atoms with Crippen molar-refractivity contribution in [3.8, 4) is 0 Å². The van der Waals surface area contributed by atoms with Gasteiger partial charge in [-0.3, -0.25) is 9.59 Å². The Bertz CT molecular complexity index is 2750. The molecule has 11 aliphatic rings. The summed E-state index contributed by atoms with van der Waals surface area (Å²) in [6.07, 6.45) is -46.3. The van der Waals surface area contributed by atoms with Crippen molar-refractivity contribution < 1.29 is 158 Å². The maximum atomic E-state index is 15.7. The number of esters is 1. The first-order valence-electron chi connectivity index (χ1n) is 33.2. The second-order valence-corrected chi connectivity index (χ2v) is 30.5. The molecule has 18 N–H and O–H groups in total. The maximum Gasteiger partial charge on any atom is 0.317 e. The van der Waals surface area contributed by atoms with E-state index in [-0.39, 0.29) is 31.6 Å². The molecule has 544 valence electrons. The quantitative estimate of drug-likeness (QED) is 0.0413. The predicted molar refractivity (Wildman–Crippen MR) is 312 cm³/mol. The summed E-state index contributed by atoms with van der Waals surface area (Å²) < 4.78 is 71.7. The number of carboxylic acids is 1. The molecule has 38 unspecified atom stereocenters. The Labute approximate surface area is 548 Å². The number of carboxylic acid groups (broad SMARTS) is 1. The molecule has 11 rings (SSSR count). The third kappa shape index (κ3) is 12.2. The molecule has 0 aromatic rings. The van der Waals surface area contributed by atoms with E-state index in [1.807, 2.05) is 13.8 Å². The van der Waals surface area contributed by atoms with Gasteiger partial charge in [-0.15, -0.1) is 0 Å². The van der Waals surface area contributed by atoms with Gasteiger partial charge in [-0.05, 0) is 112 Å². The van der Waals surface area contributed by atoms with Crippen molar-refractivity contribution in [2.24, 2.45) is 50.2 Å². The van der Waals surface area contributed by atoms with Crippen molar-refractivity contribution in [1.82, 2.24) is 0 Å². The number of carbonyl (C=O) groups excluding carboxylic acids is 1. The average Bonchev–Trinajstić information content (AvgIpc) is 0.910. The van der Waals surface area contributed by atoms with Crippen LogP contribution < -0.4 is 0 Å². The monoisotopic (exact) mass is 1370 g/mol. The lowest BCUT2D eigenvalue weighted by molar-refractivity contribution is -0.381. The van der Waals surface area contributed by atoms with Gasteiger partial charge in [-0.1, -0.05) is 46.3 Å². The molecule has 0 amide bonds. The van der Waals surface area contributed by atoms with Crippen molar-refractivity contribution in [3.63, 3.8) is 0 Å². The maximum absolute atomic E-state index is 15.7. The number of allylic oxidation sites excluding steroid dienone is 2. The Balaban J connectivity index is 0.869. The zero-order valence-corrected chi connectivity index (χ0v) is 54.4. The van der Waals surface area contributed by atoms with E-state index in [9.17, 15) is 96.7 Å². The Morgan fingerprint density at radius 3 is 1.71 bits per heavy atom. The highest BCUT2D eigenvalue weighted by Gasteiger charge is 2.74. The molecule has 10 fully saturated rings. The molecule has 0 spiro atoms. The first kappa shape index (κ1) is 73.8. The molecule has 6 saturated heterocycles. The van der Waals surface area contributed by atoms with E-state index in [4.69, 9.17) is 56.8 Å². The van der Waals surface area contributed by atoms with Gasteiger partial charge in [0.05, 0.1) is 56.3 Å². The summed E-state index contributed by atoms with van der Waals surface area (Å²) in [4.78, 5) is 29.6. The molecule has 32 nitrogen and oxygen atoms in total. The minimum atomic E-state index is -2.12. The molecule has 6 aliphatic heterocycles. The van der Waals surface area contributed by atoms with Crippen LogP contribution in [0.1, 0.15) is 107 Å². The van der Waals surface area contributed by atoms with Gasteiger partial charge in [0.1, 0.15) is 127 Å². The summed E-state index contributed by atoms with van der Waals surface area (Å²) in [5.41, 5.74) is -5.66. The lowest BCUT2D eigenvalue weighted by atomic mass is 9.33. The second-order valence-electron chi connectivity index (χ2n) is 30.5. The summed E-state index contributed by atoms with van der Waals surface area (Å²) >= 11 is 0. The minimum Gasteiger partial charge on any atom is -0.481 e. The normalized spacial score (nSPS) is 55.4. The van der Waals surface area contributed by atoms with Gasteiger partial charge >= 0.3 is 11.9 Å². The zero-order chi connectivity index (χ0) is 69.5. The molecule has 0 radical (unpaired) electrons. The van der Waals surface area contributed by atoms with E-state index in [2.05, 4.69) is 26.8 Å². The summed E-state index contributed by atoms with van der Waals surface area (Å²) in [7, 11) is 0. The average molecular weight is 1370 g/mol. The van der Waals surface area contributed by atoms with Crippen LogP contribution in [0.5, 0.6) is 0 Å². The van der Waals surface area contributed by atoms with E-state index in [1.165, 1.54) is 20.8 Å². The van der Waals surface area contributed by atoms with Crippen molar-refractivity contribution >= 4 is 11.9 Å². The van der Waals surface area contributed by atoms with Crippen LogP contribution in [0.3, 0.4) is 0 Å². The van der Waals surface area contributed by atoms with Crippen LogP contribution in [-0.2, 0) is 66.4 Å². The fourth-order valence-electron chi connectivity index (χ4n) is 18.8. The third-order valence-electron chi connectivity index (χ3n) is 24.6. The number of hydrogen-bond donors (Lipinski definition) is 18. The molecule has 38 atom stereocenters. The third-order valence-corrected chi connectivity index (χ3v) is 24.6. The summed E-state index contributed by atoms with van der Waals surface area (Å²) in [6.45, 7) is 11.7. The lowest BCUT2D eigenvalue weighted by Gasteiger charge is -2.71. The molecule has 32 heteroatoms. The van der Waals surface area contributed by atoms with Gasteiger partial charge in [0, 0.05) is 0 Å². The van der Waals surface area contributed by atoms with Gasteiger partial charge in [0.15, 0.2) is 31.5 Å². The molecule has 0 aromatic carbocycles. The number of aliphatic hydroxyl groups excluding tert-OH is 17. The number of aliphatic carboxylic acids is 1.